The molecular formula is C23H22N2O2. The van der Waals surface area contributed by atoms with Gasteiger partial charge in [0, 0.05) is 5.56 Å². The predicted octanol–water partition coefficient (Wildman–Crippen LogP) is 4.46. The molecule has 0 radical (unpaired) electrons. The molecule has 3 aromatic rings. The van der Waals surface area contributed by atoms with E-state index < -0.39 is 6.10 Å². The largest absolute Gasteiger partial charge is 0.481 e. The summed E-state index contributed by atoms with van der Waals surface area (Å²) in [7, 11) is 0. The Balaban J connectivity index is 1.43. The van der Waals surface area contributed by atoms with Crippen LogP contribution in [0.15, 0.2) is 71.8 Å². The molecule has 136 valence electrons. The SMILES string of the molecule is CC(Oc1ccc2ccccc2c1)C(=O)N/N=C1\CCCc2ccccc21. The fourth-order valence-electron chi connectivity index (χ4n) is 3.43. The number of nitrogens with one attached hydrogen (secondary N) is 1. The fraction of sp³-hybridized carbons (Fsp3) is 0.217. The van der Waals surface area contributed by atoms with Gasteiger partial charge in [-0.1, -0.05) is 54.6 Å². The molecule has 0 saturated carbocycles. The summed E-state index contributed by atoms with van der Waals surface area (Å²) < 4.78 is 5.81. The summed E-state index contributed by atoms with van der Waals surface area (Å²) in [6.45, 7) is 1.74. The van der Waals surface area contributed by atoms with E-state index in [4.69, 9.17) is 4.74 Å². The van der Waals surface area contributed by atoms with E-state index in [1.54, 1.807) is 6.92 Å². The molecule has 0 saturated heterocycles. The van der Waals surface area contributed by atoms with Gasteiger partial charge < -0.3 is 4.74 Å². The number of ether oxygens (including phenoxy) is 1. The minimum Gasteiger partial charge on any atom is -0.481 e. The molecule has 0 spiro atoms. The van der Waals surface area contributed by atoms with Gasteiger partial charge in [0.25, 0.3) is 5.91 Å². The van der Waals surface area contributed by atoms with Crippen LogP contribution in [-0.4, -0.2) is 17.7 Å². The first kappa shape index (κ1) is 17.3. The molecule has 0 fully saturated rings. The molecule has 1 aliphatic rings. The van der Waals surface area contributed by atoms with Gasteiger partial charge in [-0.25, -0.2) is 5.43 Å². The first-order valence-corrected chi connectivity index (χ1v) is 9.31. The molecule has 4 nitrogen and oxygen atoms in total. The molecule has 0 heterocycles. The Hall–Kier alpha value is -3.14. The summed E-state index contributed by atoms with van der Waals surface area (Å²) in [5.41, 5.74) is 6.03. The molecule has 4 heteroatoms. The van der Waals surface area contributed by atoms with Crippen LogP contribution in [-0.2, 0) is 11.2 Å². The van der Waals surface area contributed by atoms with Gasteiger partial charge in [-0.2, -0.15) is 5.10 Å². The third-order valence-electron chi connectivity index (χ3n) is 4.89. The number of amides is 1. The first-order valence-electron chi connectivity index (χ1n) is 9.31. The lowest BCUT2D eigenvalue weighted by Gasteiger charge is -2.18. The van der Waals surface area contributed by atoms with E-state index in [0.29, 0.717) is 5.75 Å². The molecule has 3 aromatic carbocycles. The van der Waals surface area contributed by atoms with Crippen LogP contribution in [0.2, 0.25) is 0 Å². The Bertz CT molecular complexity index is 1010. The molecule has 1 atom stereocenters. The number of hydrogen-bond donors (Lipinski definition) is 1. The van der Waals surface area contributed by atoms with Gasteiger partial charge in [0.15, 0.2) is 6.10 Å². The molecule has 0 aliphatic heterocycles. The van der Waals surface area contributed by atoms with E-state index in [0.717, 1.165) is 41.3 Å². The lowest BCUT2D eigenvalue weighted by atomic mass is 9.90. The summed E-state index contributed by atoms with van der Waals surface area (Å²) in [4.78, 5) is 12.4. The van der Waals surface area contributed by atoms with Gasteiger partial charge in [0.05, 0.1) is 5.71 Å². The number of fused-ring (bicyclic) bond motifs is 2. The van der Waals surface area contributed by atoms with Crippen LogP contribution < -0.4 is 10.2 Å². The van der Waals surface area contributed by atoms with E-state index in [2.05, 4.69) is 22.7 Å². The van der Waals surface area contributed by atoms with Crippen molar-refractivity contribution in [3.8, 4) is 5.75 Å². The van der Waals surface area contributed by atoms with Crippen LogP contribution in [0.1, 0.15) is 30.9 Å². The number of rotatable bonds is 4. The average Bonchev–Trinajstić information content (AvgIpc) is 2.71. The standard InChI is InChI=1S/C23H22N2O2/c1-16(27-20-14-13-17-7-2-3-9-19(17)15-20)23(26)25-24-22-12-6-10-18-8-4-5-11-21(18)22/h2-5,7-9,11,13-16H,6,10,12H2,1H3,(H,25,26)/b24-22+. The van der Waals surface area contributed by atoms with Gasteiger partial charge in [-0.15, -0.1) is 0 Å². The normalized spacial score (nSPS) is 16.0. The average molecular weight is 358 g/mol. The number of hydrazone groups is 1. The molecule has 1 aliphatic carbocycles. The molecule has 0 aromatic heterocycles. The lowest BCUT2D eigenvalue weighted by Crippen LogP contribution is -2.34. The maximum atomic E-state index is 12.4. The number of nitrogens with zero attached hydrogens (tertiary/aromatic N) is 1. The maximum absolute atomic E-state index is 12.4. The Morgan fingerprint density at radius 3 is 2.67 bits per heavy atom. The minimum absolute atomic E-state index is 0.251. The molecule has 1 amide bonds. The van der Waals surface area contributed by atoms with Gasteiger partial charge in [-0.05, 0) is 54.7 Å². The number of aryl methyl sites for hydroxylation is 1. The fourth-order valence-corrected chi connectivity index (χ4v) is 3.43. The topological polar surface area (TPSA) is 50.7 Å². The molecule has 1 unspecified atom stereocenters. The maximum Gasteiger partial charge on any atom is 0.280 e. The first-order chi connectivity index (χ1) is 13.2. The number of hydrogen-bond acceptors (Lipinski definition) is 3. The summed E-state index contributed by atoms with van der Waals surface area (Å²) >= 11 is 0. The molecule has 0 bridgehead atoms. The molecule has 1 N–H and O–H groups in total. The van der Waals surface area contributed by atoms with E-state index in [-0.39, 0.29) is 5.91 Å². The highest BCUT2D eigenvalue weighted by Crippen LogP contribution is 2.22. The minimum atomic E-state index is -0.630. The monoisotopic (exact) mass is 358 g/mol. The Morgan fingerprint density at radius 1 is 1.00 bits per heavy atom. The second kappa shape index (κ2) is 7.62. The Morgan fingerprint density at radius 2 is 1.78 bits per heavy atom. The van der Waals surface area contributed by atoms with Crippen molar-refractivity contribution in [1.82, 2.24) is 5.43 Å². The Kier molecular flexibility index (Phi) is 4.88. The highest BCUT2D eigenvalue weighted by Gasteiger charge is 2.17. The van der Waals surface area contributed by atoms with Crippen molar-refractivity contribution >= 4 is 22.4 Å². The summed E-state index contributed by atoms with van der Waals surface area (Å²) in [6, 6.07) is 22.1. The lowest BCUT2D eigenvalue weighted by molar-refractivity contribution is -0.127. The second-order valence-electron chi connectivity index (χ2n) is 6.81. The van der Waals surface area contributed by atoms with Crippen molar-refractivity contribution in [2.75, 3.05) is 0 Å². The number of benzene rings is 3. The zero-order chi connectivity index (χ0) is 18.6. The van der Waals surface area contributed by atoms with Crippen molar-refractivity contribution in [3.63, 3.8) is 0 Å². The van der Waals surface area contributed by atoms with Crippen molar-refractivity contribution in [1.29, 1.82) is 0 Å². The molecular weight excluding hydrogens is 336 g/mol. The van der Waals surface area contributed by atoms with Crippen LogP contribution in [0.25, 0.3) is 10.8 Å². The smallest absolute Gasteiger partial charge is 0.280 e. The van der Waals surface area contributed by atoms with Gasteiger partial charge >= 0.3 is 0 Å². The number of carbonyl (C=O) groups is 1. The van der Waals surface area contributed by atoms with Gasteiger partial charge in [-0.3, -0.25) is 4.79 Å². The number of carbonyl (C=O) groups excluding carboxylic acids is 1. The van der Waals surface area contributed by atoms with Gasteiger partial charge in [0.1, 0.15) is 5.75 Å². The van der Waals surface area contributed by atoms with E-state index in [9.17, 15) is 4.79 Å². The summed E-state index contributed by atoms with van der Waals surface area (Å²) in [6.07, 6.45) is 2.35. The Labute approximate surface area is 158 Å². The van der Waals surface area contributed by atoms with E-state index in [1.165, 1.54) is 5.56 Å². The van der Waals surface area contributed by atoms with E-state index >= 15 is 0 Å². The van der Waals surface area contributed by atoms with Crippen LogP contribution in [0, 0.1) is 0 Å². The van der Waals surface area contributed by atoms with E-state index in [1.807, 2.05) is 54.6 Å². The van der Waals surface area contributed by atoms with Gasteiger partial charge in [0.2, 0.25) is 0 Å². The highest BCUT2D eigenvalue weighted by molar-refractivity contribution is 6.03. The van der Waals surface area contributed by atoms with Crippen LogP contribution in [0.5, 0.6) is 5.75 Å². The predicted molar refractivity (Wildman–Crippen MR) is 108 cm³/mol. The van der Waals surface area contributed by atoms with Crippen molar-refractivity contribution < 1.29 is 9.53 Å². The highest BCUT2D eigenvalue weighted by atomic mass is 16.5. The van der Waals surface area contributed by atoms with Crippen molar-refractivity contribution in [3.05, 3.63) is 77.9 Å². The zero-order valence-electron chi connectivity index (χ0n) is 15.3. The summed E-state index contributed by atoms with van der Waals surface area (Å²) in [5, 5.41) is 6.60. The van der Waals surface area contributed by atoms with Crippen molar-refractivity contribution in [2.45, 2.75) is 32.3 Å². The summed E-state index contributed by atoms with van der Waals surface area (Å²) in [5.74, 6) is 0.422. The van der Waals surface area contributed by atoms with Crippen LogP contribution >= 0.6 is 0 Å². The zero-order valence-corrected chi connectivity index (χ0v) is 15.3. The quantitative estimate of drug-likeness (QED) is 0.700. The molecule has 27 heavy (non-hydrogen) atoms. The molecule has 4 rings (SSSR count). The second-order valence-corrected chi connectivity index (χ2v) is 6.81. The van der Waals surface area contributed by atoms with Crippen LogP contribution in [0.4, 0.5) is 0 Å². The van der Waals surface area contributed by atoms with Crippen molar-refractivity contribution in [2.24, 2.45) is 5.10 Å². The third kappa shape index (κ3) is 3.85. The third-order valence-corrected chi connectivity index (χ3v) is 4.89. The van der Waals surface area contributed by atoms with Crippen LogP contribution in [0.3, 0.4) is 0 Å².